The Balaban J connectivity index is 3.00. The van der Waals surface area contributed by atoms with Crippen LogP contribution in [0.5, 0.6) is 5.75 Å². The summed E-state index contributed by atoms with van der Waals surface area (Å²) in [4.78, 5) is 0. The number of hydrogen-bond donors (Lipinski definition) is 0. The van der Waals surface area contributed by atoms with E-state index in [2.05, 4.69) is 32.0 Å². The molecule has 0 aliphatic rings. The molecule has 1 nitrogen and oxygen atoms in total. The van der Waals surface area contributed by atoms with E-state index in [-0.39, 0.29) is 0 Å². The minimum absolute atomic E-state index is 1.09. The molecule has 0 aromatic heterocycles. The summed E-state index contributed by atoms with van der Waals surface area (Å²) in [6, 6.07) is 6.41. The van der Waals surface area contributed by atoms with Crippen LogP contribution in [0.15, 0.2) is 18.2 Å². The Hall–Kier alpha value is -0.181. The molecule has 0 heterocycles. The third-order valence-corrected chi connectivity index (χ3v) is 2.99. The van der Waals surface area contributed by atoms with E-state index in [9.17, 15) is 0 Å². The quantitative estimate of drug-likeness (QED) is 0.759. The molecule has 0 bridgehead atoms. The van der Waals surface area contributed by atoms with Gasteiger partial charge in [0, 0.05) is 0 Å². The molecule has 3 radical (unpaired) electrons. The van der Waals surface area contributed by atoms with E-state index in [1.807, 2.05) is 0 Å². The molecule has 0 aliphatic heterocycles. The Bertz CT molecular complexity index is 284. The van der Waals surface area contributed by atoms with Gasteiger partial charge in [0.15, 0.2) is 0 Å². The van der Waals surface area contributed by atoms with Crippen LogP contribution in [-0.4, -0.2) is 22.9 Å². The summed E-state index contributed by atoms with van der Waals surface area (Å²) in [5.74, 6) is 1.09. The fourth-order valence-electron chi connectivity index (χ4n) is 1.74. The van der Waals surface area contributed by atoms with Gasteiger partial charge in [0.2, 0.25) is 0 Å². The number of aryl methyl sites for hydroxylation is 1. The van der Waals surface area contributed by atoms with Crippen LogP contribution in [0.4, 0.5) is 0 Å². The first-order valence-electron chi connectivity index (χ1n) is 5.27. The Morgan fingerprint density at radius 1 is 1.14 bits per heavy atom. The first-order valence-corrected chi connectivity index (χ1v) is 6.44. The van der Waals surface area contributed by atoms with E-state index >= 15 is 0 Å². The Morgan fingerprint density at radius 2 is 1.86 bits per heavy atom. The van der Waals surface area contributed by atoms with E-state index in [0.717, 1.165) is 35.1 Å². The fraction of sp³-hybridized carbons (Fsp3) is 0.500. The number of rotatable bonds is 5. The van der Waals surface area contributed by atoms with Crippen molar-refractivity contribution < 1.29 is 3.07 Å². The average Bonchev–Trinajstić information content (AvgIpc) is 2.21. The summed E-state index contributed by atoms with van der Waals surface area (Å²) in [7, 11) is 0. The van der Waals surface area contributed by atoms with E-state index in [1.54, 1.807) is 0 Å². The molecule has 0 N–H and O–H groups in total. The molecule has 1 aromatic rings. The van der Waals surface area contributed by atoms with E-state index in [4.69, 9.17) is 3.07 Å². The van der Waals surface area contributed by atoms with Crippen LogP contribution in [-0.2, 0) is 12.8 Å². The SMILES string of the molecule is CCCc1cccc([O][Sn])c1CCC. The first kappa shape index (κ1) is 11.9. The van der Waals surface area contributed by atoms with Crippen LogP contribution >= 0.6 is 0 Å². The average molecular weight is 296 g/mol. The van der Waals surface area contributed by atoms with Gasteiger partial charge < -0.3 is 0 Å². The van der Waals surface area contributed by atoms with E-state index in [0.29, 0.717) is 0 Å². The Labute approximate surface area is 100 Å². The van der Waals surface area contributed by atoms with Gasteiger partial charge in [-0.05, 0) is 0 Å². The molecule has 0 aliphatic carbocycles. The van der Waals surface area contributed by atoms with Gasteiger partial charge in [0.05, 0.1) is 0 Å². The summed E-state index contributed by atoms with van der Waals surface area (Å²) in [5.41, 5.74) is 2.89. The van der Waals surface area contributed by atoms with Gasteiger partial charge >= 0.3 is 101 Å². The first-order chi connectivity index (χ1) is 6.83. The fourth-order valence-corrected chi connectivity index (χ4v) is 2.29. The maximum absolute atomic E-state index is 5.47. The van der Waals surface area contributed by atoms with Gasteiger partial charge in [-0.25, -0.2) is 0 Å². The van der Waals surface area contributed by atoms with Gasteiger partial charge in [0.1, 0.15) is 0 Å². The summed E-state index contributed by atoms with van der Waals surface area (Å²) >= 11 is 1.13. The van der Waals surface area contributed by atoms with Crippen LogP contribution in [0.2, 0.25) is 0 Å². The van der Waals surface area contributed by atoms with Crippen molar-refractivity contribution in [2.75, 3.05) is 0 Å². The predicted molar refractivity (Wildman–Crippen MR) is 60.8 cm³/mol. The van der Waals surface area contributed by atoms with Crippen molar-refractivity contribution in [1.82, 2.24) is 0 Å². The zero-order valence-electron chi connectivity index (χ0n) is 8.97. The van der Waals surface area contributed by atoms with Crippen molar-refractivity contribution in [2.24, 2.45) is 0 Å². The molecule has 2 heteroatoms. The molecular formula is C12H17OSn. The zero-order chi connectivity index (χ0) is 10.4. The zero-order valence-corrected chi connectivity index (χ0v) is 11.8. The summed E-state index contributed by atoms with van der Waals surface area (Å²) < 4.78 is 5.47. The van der Waals surface area contributed by atoms with Crippen molar-refractivity contribution in [3.8, 4) is 5.75 Å². The molecule has 75 valence electrons. The van der Waals surface area contributed by atoms with Crippen LogP contribution in [0, 0.1) is 0 Å². The van der Waals surface area contributed by atoms with Crippen molar-refractivity contribution in [1.29, 1.82) is 0 Å². The summed E-state index contributed by atoms with van der Waals surface area (Å²) in [6.45, 7) is 4.44. The van der Waals surface area contributed by atoms with E-state index in [1.165, 1.54) is 30.4 Å². The maximum atomic E-state index is 5.47. The minimum atomic E-state index is 1.09. The summed E-state index contributed by atoms with van der Waals surface area (Å²) in [6.07, 6.45) is 4.70. The molecule has 0 atom stereocenters. The molecule has 0 amide bonds. The number of hydrogen-bond acceptors (Lipinski definition) is 1. The van der Waals surface area contributed by atoms with Crippen LogP contribution in [0.3, 0.4) is 0 Å². The Kier molecular flexibility index (Phi) is 5.38. The molecule has 1 rings (SSSR count). The van der Waals surface area contributed by atoms with Gasteiger partial charge in [0.25, 0.3) is 0 Å². The molecule has 0 saturated heterocycles. The van der Waals surface area contributed by atoms with Crippen molar-refractivity contribution in [3.05, 3.63) is 29.3 Å². The molecule has 14 heavy (non-hydrogen) atoms. The van der Waals surface area contributed by atoms with Crippen molar-refractivity contribution in [3.63, 3.8) is 0 Å². The third-order valence-electron chi connectivity index (χ3n) is 2.36. The molecule has 0 spiro atoms. The molecule has 0 saturated carbocycles. The second-order valence-electron chi connectivity index (χ2n) is 3.50. The predicted octanol–water partition coefficient (Wildman–Crippen LogP) is 3.05. The van der Waals surface area contributed by atoms with Gasteiger partial charge in [-0.3, -0.25) is 0 Å². The van der Waals surface area contributed by atoms with Crippen LogP contribution in [0.1, 0.15) is 37.8 Å². The second-order valence-corrected chi connectivity index (χ2v) is 4.08. The monoisotopic (exact) mass is 297 g/mol. The molecular weight excluding hydrogens is 279 g/mol. The molecule has 0 unspecified atom stereocenters. The topological polar surface area (TPSA) is 9.23 Å². The van der Waals surface area contributed by atoms with Crippen molar-refractivity contribution >= 4 is 22.9 Å². The van der Waals surface area contributed by atoms with Gasteiger partial charge in [-0.2, -0.15) is 0 Å². The van der Waals surface area contributed by atoms with Gasteiger partial charge in [-0.15, -0.1) is 0 Å². The second kappa shape index (κ2) is 6.33. The van der Waals surface area contributed by atoms with Gasteiger partial charge in [-0.1, -0.05) is 0 Å². The van der Waals surface area contributed by atoms with E-state index < -0.39 is 0 Å². The van der Waals surface area contributed by atoms with Crippen molar-refractivity contribution in [2.45, 2.75) is 39.5 Å². The Morgan fingerprint density at radius 3 is 2.43 bits per heavy atom. The standard InChI is InChI=1S/C12H18O.Sn/c1-3-6-10-8-5-9-12(13)11(10)7-4-2;/h5,8-9,13H,3-4,6-7H2,1-2H3;/q;+1/p-1. The van der Waals surface area contributed by atoms with Crippen LogP contribution < -0.4 is 3.07 Å². The normalized spacial score (nSPS) is 10.2. The molecule has 1 aromatic carbocycles. The summed E-state index contributed by atoms with van der Waals surface area (Å²) in [5, 5.41) is 0. The molecule has 0 fully saturated rings. The third kappa shape index (κ3) is 2.91. The van der Waals surface area contributed by atoms with Crippen LogP contribution in [0.25, 0.3) is 0 Å². The number of benzene rings is 1.